The van der Waals surface area contributed by atoms with Crippen molar-refractivity contribution in [1.82, 2.24) is 14.7 Å². The molecular formula is C15H26N4O2. The van der Waals surface area contributed by atoms with E-state index < -0.39 is 0 Å². The molecule has 118 valence electrons. The number of piperazine rings is 1. The highest BCUT2D eigenvalue weighted by Gasteiger charge is 2.30. The van der Waals surface area contributed by atoms with Gasteiger partial charge in [-0.1, -0.05) is 0 Å². The minimum Gasteiger partial charge on any atom is -0.395 e. The zero-order chi connectivity index (χ0) is 15.1. The first-order valence-corrected chi connectivity index (χ1v) is 7.96. The SMILES string of the molecule is N#CCCN1CCC(C(=O)N2CCN(CCO)CC2)CC1. The second-order valence-electron chi connectivity index (χ2n) is 5.91. The van der Waals surface area contributed by atoms with E-state index in [1.165, 1.54) is 0 Å². The van der Waals surface area contributed by atoms with Gasteiger partial charge in [-0.2, -0.15) is 5.26 Å². The molecule has 0 radical (unpaired) electrons. The first-order valence-electron chi connectivity index (χ1n) is 7.96. The first-order chi connectivity index (χ1) is 10.2. The summed E-state index contributed by atoms with van der Waals surface area (Å²) >= 11 is 0. The maximum Gasteiger partial charge on any atom is 0.225 e. The largest absolute Gasteiger partial charge is 0.395 e. The van der Waals surface area contributed by atoms with Crippen LogP contribution in [0.4, 0.5) is 0 Å². The van der Waals surface area contributed by atoms with E-state index in [-0.39, 0.29) is 12.5 Å². The number of hydrogen-bond acceptors (Lipinski definition) is 5. The molecule has 2 rings (SSSR count). The lowest BCUT2D eigenvalue weighted by atomic mass is 9.95. The van der Waals surface area contributed by atoms with Crippen molar-refractivity contribution >= 4 is 5.91 Å². The van der Waals surface area contributed by atoms with Crippen LogP contribution in [0.1, 0.15) is 19.3 Å². The number of carbonyl (C=O) groups excluding carboxylic acids is 1. The van der Waals surface area contributed by atoms with Crippen LogP contribution in [0.15, 0.2) is 0 Å². The number of aliphatic hydroxyl groups excluding tert-OH is 1. The van der Waals surface area contributed by atoms with E-state index in [2.05, 4.69) is 15.9 Å². The molecule has 1 amide bonds. The van der Waals surface area contributed by atoms with Gasteiger partial charge in [-0.15, -0.1) is 0 Å². The summed E-state index contributed by atoms with van der Waals surface area (Å²) in [5, 5.41) is 17.5. The molecule has 0 spiro atoms. The zero-order valence-electron chi connectivity index (χ0n) is 12.7. The summed E-state index contributed by atoms with van der Waals surface area (Å²) < 4.78 is 0. The maximum atomic E-state index is 12.5. The van der Waals surface area contributed by atoms with E-state index in [0.29, 0.717) is 18.9 Å². The van der Waals surface area contributed by atoms with Crippen molar-refractivity contribution in [1.29, 1.82) is 5.26 Å². The highest BCUT2D eigenvalue weighted by atomic mass is 16.3. The molecule has 0 aromatic heterocycles. The Morgan fingerprint density at radius 3 is 2.24 bits per heavy atom. The maximum absolute atomic E-state index is 12.5. The Morgan fingerprint density at radius 1 is 1.05 bits per heavy atom. The third-order valence-electron chi connectivity index (χ3n) is 4.58. The van der Waals surface area contributed by atoms with E-state index in [9.17, 15) is 4.79 Å². The van der Waals surface area contributed by atoms with Crippen molar-refractivity contribution in [2.24, 2.45) is 5.92 Å². The molecular weight excluding hydrogens is 268 g/mol. The highest BCUT2D eigenvalue weighted by Crippen LogP contribution is 2.20. The van der Waals surface area contributed by atoms with E-state index in [0.717, 1.165) is 58.7 Å². The van der Waals surface area contributed by atoms with Gasteiger partial charge in [0, 0.05) is 51.6 Å². The molecule has 0 aromatic carbocycles. The normalized spacial score (nSPS) is 22.2. The number of carbonyl (C=O) groups is 1. The van der Waals surface area contributed by atoms with Gasteiger partial charge in [0.25, 0.3) is 0 Å². The molecule has 21 heavy (non-hydrogen) atoms. The summed E-state index contributed by atoms with van der Waals surface area (Å²) in [6, 6.07) is 2.18. The Bertz CT molecular complexity index is 366. The van der Waals surface area contributed by atoms with Crippen molar-refractivity contribution in [2.45, 2.75) is 19.3 Å². The smallest absolute Gasteiger partial charge is 0.225 e. The van der Waals surface area contributed by atoms with Gasteiger partial charge in [-0.3, -0.25) is 9.69 Å². The molecule has 0 unspecified atom stereocenters. The summed E-state index contributed by atoms with van der Waals surface area (Å²) in [5.41, 5.74) is 0. The molecule has 1 N–H and O–H groups in total. The van der Waals surface area contributed by atoms with E-state index in [1.54, 1.807) is 0 Å². The molecule has 0 atom stereocenters. The number of nitrogens with zero attached hydrogens (tertiary/aromatic N) is 4. The number of nitriles is 1. The van der Waals surface area contributed by atoms with E-state index in [4.69, 9.17) is 10.4 Å². The van der Waals surface area contributed by atoms with Gasteiger partial charge < -0.3 is 14.9 Å². The molecule has 2 aliphatic heterocycles. The van der Waals surface area contributed by atoms with Gasteiger partial charge in [-0.25, -0.2) is 0 Å². The average Bonchev–Trinajstić information content (AvgIpc) is 2.54. The van der Waals surface area contributed by atoms with Gasteiger partial charge in [0.1, 0.15) is 0 Å². The molecule has 6 heteroatoms. The van der Waals surface area contributed by atoms with Crippen LogP contribution in [-0.4, -0.2) is 84.7 Å². The lowest BCUT2D eigenvalue weighted by Gasteiger charge is -2.38. The standard InChI is InChI=1S/C15H26N4O2/c16-4-1-5-17-6-2-14(3-7-17)15(21)19-10-8-18(9-11-19)12-13-20/h14,20H,1-3,5-13H2. The second kappa shape index (κ2) is 8.32. The Hall–Kier alpha value is -1.16. The zero-order valence-corrected chi connectivity index (χ0v) is 12.7. The summed E-state index contributed by atoms with van der Waals surface area (Å²) in [5.74, 6) is 0.464. The lowest BCUT2D eigenvalue weighted by Crippen LogP contribution is -2.52. The van der Waals surface area contributed by atoms with Gasteiger partial charge in [0.15, 0.2) is 0 Å². The molecule has 0 bridgehead atoms. The number of hydrogen-bond donors (Lipinski definition) is 1. The second-order valence-corrected chi connectivity index (χ2v) is 5.91. The van der Waals surface area contributed by atoms with E-state index >= 15 is 0 Å². The van der Waals surface area contributed by atoms with Crippen molar-refractivity contribution in [3.63, 3.8) is 0 Å². The number of aliphatic hydroxyl groups is 1. The van der Waals surface area contributed by atoms with Gasteiger partial charge in [0.2, 0.25) is 5.91 Å². The molecule has 2 heterocycles. The first kappa shape index (κ1) is 16.2. The average molecular weight is 294 g/mol. The van der Waals surface area contributed by atoms with Crippen LogP contribution in [0.2, 0.25) is 0 Å². The summed E-state index contributed by atoms with van der Waals surface area (Å²) in [6.45, 7) is 6.90. The van der Waals surface area contributed by atoms with Crippen molar-refractivity contribution < 1.29 is 9.90 Å². The fourth-order valence-corrected chi connectivity index (χ4v) is 3.20. The molecule has 2 saturated heterocycles. The van der Waals surface area contributed by atoms with Crippen molar-refractivity contribution in [2.75, 3.05) is 59.0 Å². The van der Waals surface area contributed by atoms with Crippen LogP contribution < -0.4 is 0 Å². The van der Waals surface area contributed by atoms with Crippen molar-refractivity contribution in [3.8, 4) is 6.07 Å². The number of likely N-dealkylation sites (tertiary alicyclic amines) is 1. The topological polar surface area (TPSA) is 70.8 Å². The monoisotopic (exact) mass is 294 g/mol. The predicted octanol–water partition coefficient (Wildman–Crippen LogP) is -0.251. The summed E-state index contributed by atoms with van der Waals surface area (Å²) in [4.78, 5) is 19.0. The Morgan fingerprint density at radius 2 is 1.67 bits per heavy atom. The minimum atomic E-state index is 0.160. The minimum absolute atomic E-state index is 0.160. The van der Waals surface area contributed by atoms with Crippen LogP contribution in [-0.2, 0) is 4.79 Å². The number of rotatable bonds is 5. The van der Waals surface area contributed by atoms with Crippen LogP contribution >= 0.6 is 0 Å². The van der Waals surface area contributed by atoms with Gasteiger partial charge in [-0.05, 0) is 25.9 Å². The Labute approximate surface area is 126 Å². The third-order valence-corrected chi connectivity index (χ3v) is 4.58. The van der Waals surface area contributed by atoms with Gasteiger partial charge >= 0.3 is 0 Å². The highest BCUT2D eigenvalue weighted by molar-refractivity contribution is 5.79. The molecule has 2 aliphatic rings. The number of β-amino-alcohol motifs (C(OH)–C–C–N with tert-alkyl or cyclic N) is 1. The quantitative estimate of drug-likeness (QED) is 0.757. The molecule has 0 aliphatic carbocycles. The molecule has 0 saturated carbocycles. The third kappa shape index (κ3) is 4.67. The summed E-state index contributed by atoms with van der Waals surface area (Å²) in [7, 11) is 0. The number of piperidine rings is 1. The predicted molar refractivity (Wildman–Crippen MR) is 79.5 cm³/mol. The van der Waals surface area contributed by atoms with E-state index in [1.807, 2.05) is 4.90 Å². The van der Waals surface area contributed by atoms with Crippen LogP contribution in [0.5, 0.6) is 0 Å². The van der Waals surface area contributed by atoms with Crippen LogP contribution in [0.25, 0.3) is 0 Å². The fraction of sp³-hybridized carbons (Fsp3) is 0.867. The van der Waals surface area contributed by atoms with Crippen LogP contribution in [0.3, 0.4) is 0 Å². The molecule has 6 nitrogen and oxygen atoms in total. The van der Waals surface area contributed by atoms with Crippen molar-refractivity contribution in [3.05, 3.63) is 0 Å². The fourth-order valence-electron chi connectivity index (χ4n) is 3.20. The molecule has 2 fully saturated rings. The molecule has 0 aromatic rings. The van der Waals surface area contributed by atoms with Crippen LogP contribution in [0, 0.1) is 17.2 Å². The Kier molecular flexibility index (Phi) is 6.43. The summed E-state index contributed by atoms with van der Waals surface area (Å²) in [6.07, 6.45) is 2.41. The number of amides is 1. The van der Waals surface area contributed by atoms with Gasteiger partial charge in [0.05, 0.1) is 12.7 Å². The lowest BCUT2D eigenvalue weighted by molar-refractivity contribution is -0.138. The Balaban J connectivity index is 1.71.